The van der Waals surface area contributed by atoms with Crippen molar-refractivity contribution < 1.29 is 19.1 Å². The molecule has 0 N–H and O–H groups in total. The van der Waals surface area contributed by atoms with Crippen molar-refractivity contribution in [2.24, 2.45) is 0 Å². The minimum Gasteiger partial charge on any atom is -0.458 e. The Labute approximate surface area is 210 Å². The summed E-state index contributed by atoms with van der Waals surface area (Å²) in [5.41, 5.74) is 5.03. The van der Waals surface area contributed by atoms with Crippen molar-refractivity contribution >= 4 is 39.8 Å². The minimum atomic E-state index is -0.453. The van der Waals surface area contributed by atoms with Crippen LogP contribution in [0.1, 0.15) is 18.1 Å². The first kappa shape index (κ1) is 24.5. The highest BCUT2D eigenvalue weighted by molar-refractivity contribution is 5.89. The van der Waals surface area contributed by atoms with Gasteiger partial charge in [-0.05, 0) is 65.2 Å². The Morgan fingerprint density at radius 2 is 1.28 bits per heavy atom. The quantitative estimate of drug-likeness (QED) is 0.189. The zero-order chi connectivity index (χ0) is 25.5. The third-order valence-corrected chi connectivity index (χ3v) is 5.65. The Hall–Kier alpha value is -4.64. The van der Waals surface area contributed by atoms with Crippen molar-refractivity contribution in [3.8, 4) is 0 Å². The Morgan fingerprint density at radius 3 is 1.83 bits per heavy atom. The average Bonchev–Trinajstić information content (AvgIpc) is 2.91. The zero-order valence-corrected chi connectivity index (χ0v) is 20.1. The van der Waals surface area contributed by atoms with Gasteiger partial charge in [0, 0.05) is 28.7 Å². The third kappa shape index (κ3) is 5.88. The fourth-order valence-corrected chi connectivity index (χ4v) is 3.73. The maximum Gasteiger partial charge on any atom is 0.333 e. The Morgan fingerprint density at radius 1 is 0.750 bits per heavy atom. The lowest BCUT2D eigenvalue weighted by Gasteiger charge is -2.26. The summed E-state index contributed by atoms with van der Waals surface area (Å²) in [5.74, 6) is -0.860. The van der Waals surface area contributed by atoms with Gasteiger partial charge < -0.3 is 14.4 Å². The smallest absolute Gasteiger partial charge is 0.333 e. The molecule has 0 unspecified atom stereocenters. The number of rotatable bonds is 9. The summed E-state index contributed by atoms with van der Waals surface area (Å²) in [6, 6.07) is 30.3. The van der Waals surface area contributed by atoms with Gasteiger partial charge in [0.1, 0.15) is 13.2 Å². The topological polar surface area (TPSA) is 55.8 Å². The number of anilines is 3. The van der Waals surface area contributed by atoms with Gasteiger partial charge >= 0.3 is 11.9 Å². The van der Waals surface area contributed by atoms with Gasteiger partial charge in [0.05, 0.1) is 0 Å². The van der Waals surface area contributed by atoms with Gasteiger partial charge in [-0.1, -0.05) is 67.8 Å². The molecule has 0 saturated carbocycles. The molecule has 4 aromatic rings. The molecule has 180 valence electrons. The van der Waals surface area contributed by atoms with E-state index in [-0.39, 0.29) is 13.2 Å². The van der Waals surface area contributed by atoms with Crippen LogP contribution in [-0.2, 0) is 32.3 Å². The number of fused-ring (bicyclic) bond motifs is 1. The summed E-state index contributed by atoms with van der Waals surface area (Å²) in [6.07, 6.45) is 1.15. The molecule has 0 fully saturated rings. The summed E-state index contributed by atoms with van der Waals surface area (Å²) in [5, 5.41) is 2.30. The van der Waals surface area contributed by atoms with E-state index in [1.54, 1.807) is 6.92 Å². The predicted molar refractivity (Wildman–Crippen MR) is 143 cm³/mol. The highest BCUT2D eigenvalue weighted by Crippen LogP contribution is 2.36. The molecular weight excluding hydrogens is 450 g/mol. The van der Waals surface area contributed by atoms with Gasteiger partial charge in [-0.2, -0.15) is 0 Å². The van der Waals surface area contributed by atoms with Crippen molar-refractivity contribution in [1.29, 1.82) is 0 Å². The monoisotopic (exact) mass is 477 g/mol. The van der Waals surface area contributed by atoms with E-state index in [9.17, 15) is 9.59 Å². The molecule has 0 radical (unpaired) electrons. The van der Waals surface area contributed by atoms with Crippen LogP contribution in [0.4, 0.5) is 17.1 Å². The number of hydrogen-bond acceptors (Lipinski definition) is 5. The second-order valence-electron chi connectivity index (χ2n) is 8.37. The van der Waals surface area contributed by atoms with Gasteiger partial charge in [-0.25, -0.2) is 9.59 Å². The van der Waals surface area contributed by atoms with Crippen LogP contribution < -0.4 is 4.90 Å². The molecule has 4 rings (SSSR count). The van der Waals surface area contributed by atoms with Gasteiger partial charge in [0.15, 0.2) is 0 Å². The number of carbonyl (C=O) groups excluding carboxylic acids is 2. The molecule has 0 aliphatic heterocycles. The standard InChI is InChI=1S/C31H27NO4/c1-4-30(33)35-20-23-9-14-27(15-10-23)32(29-18-13-25-7-5-6-8-26(25)19-29)28-16-11-24(12-17-28)21-36-31(34)22(2)3/h4-19H,1-2,20-21H2,3H3. The van der Waals surface area contributed by atoms with Gasteiger partial charge in [0.25, 0.3) is 0 Å². The molecule has 0 atom stereocenters. The lowest BCUT2D eigenvalue weighted by atomic mass is 10.1. The molecule has 4 aromatic carbocycles. The SMILES string of the molecule is C=CC(=O)OCc1ccc(N(c2ccc(COC(=O)C(=C)C)cc2)c2ccc3ccccc3c2)cc1. The number of ether oxygens (including phenoxy) is 2. The van der Waals surface area contributed by atoms with Gasteiger partial charge in [-0.3, -0.25) is 0 Å². The fourth-order valence-electron chi connectivity index (χ4n) is 3.73. The molecule has 5 nitrogen and oxygen atoms in total. The van der Waals surface area contributed by atoms with Crippen molar-refractivity contribution in [2.75, 3.05) is 4.90 Å². The van der Waals surface area contributed by atoms with Crippen molar-refractivity contribution in [2.45, 2.75) is 20.1 Å². The fraction of sp³-hybridized carbons (Fsp3) is 0.0968. The van der Waals surface area contributed by atoms with Crippen LogP contribution >= 0.6 is 0 Å². The molecule has 0 bridgehead atoms. The largest absolute Gasteiger partial charge is 0.458 e. The second-order valence-corrected chi connectivity index (χ2v) is 8.37. The third-order valence-electron chi connectivity index (χ3n) is 5.65. The molecule has 0 aromatic heterocycles. The van der Waals surface area contributed by atoms with E-state index in [1.807, 2.05) is 60.7 Å². The summed E-state index contributed by atoms with van der Waals surface area (Å²) < 4.78 is 10.4. The van der Waals surface area contributed by atoms with Gasteiger partial charge in [0.2, 0.25) is 0 Å². The first-order chi connectivity index (χ1) is 17.4. The normalized spacial score (nSPS) is 10.5. The highest BCUT2D eigenvalue weighted by Gasteiger charge is 2.14. The molecule has 0 saturated heterocycles. The molecule has 0 spiro atoms. The van der Waals surface area contributed by atoms with E-state index in [2.05, 4.69) is 48.4 Å². The van der Waals surface area contributed by atoms with E-state index in [0.29, 0.717) is 5.57 Å². The summed E-state index contributed by atoms with van der Waals surface area (Å²) in [6.45, 7) is 9.02. The lowest BCUT2D eigenvalue weighted by molar-refractivity contribution is -0.140. The van der Waals surface area contributed by atoms with Crippen LogP contribution in [0, 0.1) is 0 Å². The van der Waals surface area contributed by atoms with Crippen LogP contribution in [0.2, 0.25) is 0 Å². The average molecular weight is 478 g/mol. The molecule has 0 heterocycles. The van der Waals surface area contributed by atoms with E-state index >= 15 is 0 Å². The number of benzene rings is 4. The van der Waals surface area contributed by atoms with Crippen molar-refractivity contribution in [1.82, 2.24) is 0 Å². The summed E-state index contributed by atoms with van der Waals surface area (Å²) in [4.78, 5) is 25.3. The Balaban J connectivity index is 1.65. The molecule has 36 heavy (non-hydrogen) atoms. The lowest BCUT2D eigenvalue weighted by Crippen LogP contribution is -2.10. The summed E-state index contributed by atoms with van der Waals surface area (Å²) >= 11 is 0. The summed E-state index contributed by atoms with van der Waals surface area (Å²) in [7, 11) is 0. The van der Waals surface area contributed by atoms with Crippen molar-refractivity contribution in [3.63, 3.8) is 0 Å². The molecule has 0 aliphatic carbocycles. The Kier molecular flexibility index (Phi) is 7.61. The van der Waals surface area contributed by atoms with Crippen LogP contribution in [-0.4, -0.2) is 11.9 Å². The van der Waals surface area contributed by atoms with Gasteiger partial charge in [-0.15, -0.1) is 0 Å². The molecule has 0 amide bonds. The van der Waals surface area contributed by atoms with Crippen LogP contribution in [0.3, 0.4) is 0 Å². The maximum absolute atomic E-state index is 11.7. The molecular formula is C31H27NO4. The molecule has 5 heteroatoms. The van der Waals surface area contributed by atoms with Crippen LogP contribution in [0.25, 0.3) is 10.8 Å². The second kappa shape index (κ2) is 11.2. The maximum atomic E-state index is 11.7. The number of esters is 2. The van der Waals surface area contributed by atoms with Crippen molar-refractivity contribution in [3.05, 3.63) is 127 Å². The molecule has 0 aliphatic rings. The van der Waals surface area contributed by atoms with E-state index in [0.717, 1.165) is 45.0 Å². The van der Waals surface area contributed by atoms with E-state index in [4.69, 9.17) is 9.47 Å². The van der Waals surface area contributed by atoms with E-state index in [1.165, 1.54) is 0 Å². The van der Waals surface area contributed by atoms with E-state index < -0.39 is 11.9 Å². The Bertz CT molecular complexity index is 1400. The highest BCUT2D eigenvalue weighted by atomic mass is 16.5. The number of nitrogens with zero attached hydrogens (tertiary/aromatic N) is 1. The zero-order valence-electron chi connectivity index (χ0n) is 20.1. The predicted octanol–water partition coefficient (Wildman–Crippen LogP) is 7.16. The first-order valence-corrected chi connectivity index (χ1v) is 11.5. The van der Waals surface area contributed by atoms with Crippen LogP contribution in [0.5, 0.6) is 0 Å². The minimum absolute atomic E-state index is 0.179. The number of hydrogen-bond donors (Lipinski definition) is 0. The van der Waals surface area contributed by atoms with Crippen LogP contribution in [0.15, 0.2) is 116 Å². The first-order valence-electron chi connectivity index (χ1n) is 11.5. The number of carbonyl (C=O) groups is 2.